The third-order valence-corrected chi connectivity index (χ3v) is 5.72. The lowest BCUT2D eigenvalue weighted by Gasteiger charge is -2.35. The van der Waals surface area contributed by atoms with Crippen LogP contribution < -0.4 is 0 Å². The molecule has 0 unspecified atom stereocenters. The van der Waals surface area contributed by atoms with Gasteiger partial charge in [-0.25, -0.2) is 4.98 Å². The van der Waals surface area contributed by atoms with Crippen LogP contribution in [0.3, 0.4) is 0 Å². The van der Waals surface area contributed by atoms with E-state index in [0.29, 0.717) is 5.41 Å². The van der Waals surface area contributed by atoms with Gasteiger partial charge in [0.05, 0.1) is 0 Å². The maximum absolute atomic E-state index is 5.44. The first-order valence-corrected chi connectivity index (χ1v) is 7.60. The highest BCUT2D eigenvalue weighted by Gasteiger charge is 2.31. The number of imidazole rings is 1. The zero-order valence-electron chi connectivity index (χ0n) is 9.49. The number of hydrogen-bond acceptors (Lipinski definition) is 3. The van der Waals surface area contributed by atoms with Gasteiger partial charge in [0.25, 0.3) is 0 Å². The van der Waals surface area contributed by atoms with Crippen LogP contribution in [0.4, 0.5) is 0 Å². The van der Waals surface area contributed by atoms with Crippen molar-refractivity contribution in [3.63, 3.8) is 0 Å². The molecule has 0 aliphatic carbocycles. The van der Waals surface area contributed by atoms with E-state index in [4.69, 9.17) is 4.74 Å². The van der Waals surface area contributed by atoms with Crippen molar-refractivity contribution in [1.29, 1.82) is 0 Å². The molecular weight excluding hydrogens is 288 g/mol. The molecule has 16 heavy (non-hydrogen) atoms. The van der Waals surface area contributed by atoms with E-state index in [1.165, 1.54) is 0 Å². The molecule has 90 valence electrons. The summed E-state index contributed by atoms with van der Waals surface area (Å²) in [5.41, 5.74) is 0.384. The van der Waals surface area contributed by atoms with Crippen LogP contribution in [0.15, 0.2) is 17.6 Å². The van der Waals surface area contributed by atoms with Gasteiger partial charge >= 0.3 is 0 Å². The van der Waals surface area contributed by atoms with Crippen LogP contribution in [0.2, 0.25) is 0 Å². The van der Waals surface area contributed by atoms with E-state index in [1.54, 1.807) is 0 Å². The van der Waals surface area contributed by atoms with Crippen molar-refractivity contribution < 1.29 is 4.74 Å². The number of alkyl halides is 1. The molecule has 3 nitrogen and oxygen atoms in total. The van der Waals surface area contributed by atoms with E-state index in [1.807, 2.05) is 31.2 Å². The van der Waals surface area contributed by atoms with E-state index >= 15 is 0 Å². The zero-order valence-corrected chi connectivity index (χ0v) is 11.9. The summed E-state index contributed by atoms with van der Waals surface area (Å²) < 4.78 is 7.51. The fraction of sp³-hybridized carbons (Fsp3) is 0.727. The number of thioether (sulfide) groups is 1. The van der Waals surface area contributed by atoms with Gasteiger partial charge in [-0.05, 0) is 18.3 Å². The Labute approximate surface area is 109 Å². The lowest BCUT2D eigenvalue weighted by atomic mass is 9.85. The largest absolute Gasteiger partial charge is 0.381 e. The molecule has 0 saturated carbocycles. The number of nitrogens with zero attached hydrogens (tertiary/aromatic N) is 2. The van der Waals surface area contributed by atoms with Gasteiger partial charge in [0.2, 0.25) is 0 Å². The summed E-state index contributed by atoms with van der Waals surface area (Å²) in [6.07, 6.45) is 6.14. The molecule has 1 aromatic rings. The summed E-state index contributed by atoms with van der Waals surface area (Å²) >= 11 is 5.50. The van der Waals surface area contributed by atoms with Crippen LogP contribution in [-0.2, 0) is 11.8 Å². The highest BCUT2D eigenvalue weighted by molar-refractivity contribution is 9.09. The average Bonchev–Trinajstić information content (AvgIpc) is 2.74. The van der Waals surface area contributed by atoms with Gasteiger partial charge in [-0.1, -0.05) is 27.7 Å². The van der Waals surface area contributed by atoms with Crippen molar-refractivity contribution in [1.82, 2.24) is 9.55 Å². The number of aryl methyl sites for hydroxylation is 1. The van der Waals surface area contributed by atoms with Gasteiger partial charge in [0, 0.05) is 43.7 Å². The monoisotopic (exact) mass is 304 g/mol. The maximum atomic E-state index is 5.44. The molecule has 1 fully saturated rings. The molecule has 1 saturated heterocycles. The van der Waals surface area contributed by atoms with Crippen LogP contribution >= 0.6 is 27.7 Å². The Bertz CT molecular complexity index is 336. The minimum absolute atomic E-state index is 0.384. The first-order chi connectivity index (χ1) is 7.76. The summed E-state index contributed by atoms with van der Waals surface area (Å²) in [5, 5.41) is 2.16. The quantitative estimate of drug-likeness (QED) is 0.632. The van der Waals surface area contributed by atoms with E-state index in [0.717, 1.165) is 42.3 Å². The number of ether oxygens (including phenoxy) is 1. The molecule has 0 amide bonds. The molecule has 0 bridgehead atoms. The summed E-state index contributed by atoms with van der Waals surface area (Å²) in [6.45, 7) is 1.79. The van der Waals surface area contributed by atoms with Crippen molar-refractivity contribution in [2.45, 2.75) is 18.0 Å². The van der Waals surface area contributed by atoms with E-state index in [2.05, 4.69) is 25.5 Å². The SMILES string of the molecule is Cn1ccnc1SCC1(CBr)CCOCC1. The molecule has 0 N–H and O–H groups in total. The lowest BCUT2D eigenvalue weighted by Crippen LogP contribution is -2.33. The second-order valence-corrected chi connectivity index (χ2v) is 5.86. The first kappa shape index (κ1) is 12.5. The van der Waals surface area contributed by atoms with Gasteiger partial charge in [-0.15, -0.1) is 0 Å². The minimum atomic E-state index is 0.384. The van der Waals surface area contributed by atoms with Crippen molar-refractivity contribution in [3.8, 4) is 0 Å². The second-order valence-electron chi connectivity index (χ2n) is 4.36. The Balaban J connectivity index is 1.94. The van der Waals surface area contributed by atoms with Crippen LogP contribution in [0.5, 0.6) is 0 Å². The maximum Gasteiger partial charge on any atom is 0.167 e. The van der Waals surface area contributed by atoms with Crippen molar-refractivity contribution >= 4 is 27.7 Å². The van der Waals surface area contributed by atoms with Crippen LogP contribution in [0.25, 0.3) is 0 Å². The molecule has 2 rings (SSSR count). The highest BCUT2D eigenvalue weighted by atomic mass is 79.9. The predicted octanol–water partition coefficient (Wildman–Crippen LogP) is 2.70. The van der Waals surface area contributed by atoms with E-state index in [9.17, 15) is 0 Å². The third kappa shape index (κ3) is 2.81. The standard InChI is InChI=1S/C11H17BrN2OS/c1-14-5-4-13-10(14)16-9-11(8-12)2-6-15-7-3-11/h4-5H,2-3,6-9H2,1H3. The Morgan fingerprint density at radius 1 is 1.56 bits per heavy atom. The number of rotatable bonds is 4. The molecule has 2 heterocycles. The van der Waals surface area contributed by atoms with Crippen molar-refractivity contribution in [2.24, 2.45) is 12.5 Å². The number of aromatic nitrogens is 2. The number of hydrogen-bond donors (Lipinski definition) is 0. The van der Waals surface area contributed by atoms with Crippen molar-refractivity contribution in [3.05, 3.63) is 12.4 Å². The van der Waals surface area contributed by atoms with Crippen LogP contribution in [0.1, 0.15) is 12.8 Å². The second kappa shape index (κ2) is 5.56. The smallest absolute Gasteiger partial charge is 0.167 e. The normalized spacial score (nSPS) is 19.9. The van der Waals surface area contributed by atoms with Crippen LogP contribution in [0, 0.1) is 5.41 Å². The fourth-order valence-corrected chi connectivity index (χ4v) is 4.08. The molecule has 1 aliphatic heterocycles. The predicted molar refractivity (Wildman–Crippen MR) is 70.2 cm³/mol. The van der Waals surface area contributed by atoms with Gasteiger partial charge in [-0.3, -0.25) is 0 Å². The van der Waals surface area contributed by atoms with Gasteiger partial charge in [0.15, 0.2) is 5.16 Å². The Hall–Kier alpha value is -0.0000000000000000763. The zero-order chi connectivity index (χ0) is 11.4. The van der Waals surface area contributed by atoms with Gasteiger partial charge in [-0.2, -0.15) is 0 Å². The van der Waals surface area contributed by atoms with Gasteiger partial charge in [0.1, 0.15) is 0 Å². The number of halogens is 1. The van der Waals surface area contributed by atoms with Crippen LogP contribution in [-0.4, -0.2) is 33.8 Å². The van der Waals surface area contributed by atoms with E-state index < -0.39 is 0 Å². The molecule has 0 spiro atoms. The summed E-state index contributed by atoms with van der Waals surface area (Å²) in [7, 11) is 2.04. The molecule has 0 radical (unpaired) electrons. The van der Waals surface area contributed by atoms with Crippen molar-refractivity contribution in [2.75, 3.05) is 24.3 Å². The lowest BCUT2D eigenvalue weighted by molar-refractivity contribution is 0.0374. The minimum Gasteiger partial charge on any atom is -0.381 e. The topological polar surface area (TPSA) is 27.1 Å². The van der Waals surface area contributed by atoms with Gasteiger partial charge < -0.3 is 9.30 Å². The first-order valence-electron chi connectivity index (χ1n) is 5.50. The molecule has 1 aliphatic rings. The average molecular weight is 305 g/mol. The Morgan fingerprint density at radius 2 is 2.31 bits per heavy atom. The van der Waals surface area contributed by atoms with E-state index in [-0.39, 0.29) is 0 Å². The summed E-state index contributed by atoms with van der Waals surface area (Å²) in [5.74, 6) is 1.12. The molecule has 0 atom stereocenters. The Kier molecular flexibility index (Phi) is 4.33. The molecule has 1 aromatic heterocycles. The highest BCUT2D eigenvalue weighted by Crippen LogP contribution is 2.37. The third-order valence-electron chi connectivity index (χ3n) is 3.12. The summed E-state index contributed by atoms with van der Waals surface area (Å²) in [6, 6.07) is 0. The summed E-state index contributed by atoms with van der Waals surface area (Å²) in [4.78, 5) is 4.34. The molecule has 0 aromatic carbocycles. The Morgan fingerprint density at radius 3 is 2.88 bits per heavy atom. The fourth-order valence-electron chi connectivity index (χ4n) is 1.83. The molecular formula is C11H17BrN2OS. The molecule has 5 heteroatoms.